The summed E-state index contributed by atoms with van der Waals surface area (Å²) in [5.41, 5.74) is 0.741. The molecule has 11 atom stereocenters. The molecule has 7 aliphatic rings. The fourth-order valence-corrected chi connectivity index (χ4v) is 16.0. The molecule has 8 nitrogen and oxygen atoms in total. The topological polar surface area (TPSA) is 113 Å². The van der Waals surface area contributed by atoms with E-state index in [2.05, 4.69) is 51.4 Å². The molecule has 2 aromatic rings. The lowest BCUT2D eigenvalue weighted by Crippen LogP contribution is -2.67. The molecule has 9 rings (SSSR count). The van der Waals surface area contributed by atoms with Gasteiger partial charge in [-0.05, 0) is 185 Å². The van der Waals surface area contributed by atoms with Crippen LogP contribution in [0, 0.1) is 73.3 Å². The normalized spacial score (nSPS) is 40.6. The van der Waals surface area contributed by atoms with Gasteiger partial charge in [-0.1, -0.05) is 41.5 Å². The zero-order valence-corrected chi connectivity index (χ0v) is 37.1. The molecule has 7 fully saturated rings. The number of aliphatic carboxylic acids is 1. The van der Waals surface area contributed by atoms with Crippen LogP contribution in [0.2, 0.25) is 0 Å². The Morgan fingerprint density at radius 1 is 0.847 bits per heavy atom. The van der Waals surface area contributed by atoms with Gasteiger partial charge in [0.1, 0.15) is 17.7 Å². The molecule has 322 valence electrons. The summed E-state index contributed by atoms with van der Waals surface area (Å²) in [6.07, 6.45) is 16.6. The monoisotopic (exact) mass is 812 g/mol. The Morgan fingerprint density at radius 2 is 1.58 bits per heavy atom. The number of amides is 1. The van der Waals surface area contributed by atoms with Crippen molar-refractivity contribution >= 4 is 17.8 Å². The SMILES string of the molecule is CC(C)(CC(=O)O[C@H]1CC[C@]2(C)[C@H]3CC[C@@H]4[C@H]5[C@H](C6(C)CC6)CC[C@]5(C(=O)N5CCCC5c5ncc(-c6ccc(F)cc6)[nH]5)CC[C@@]4(C)[C@]3(C)CC[C@H]2C1(C)C)C(=O)O. The molecule has 1 aromatic carbocycles. The molecular weight excluding hydrogens is 742 g/mol. The molecule has 0 radical (unpaired) electrons. The second-order valence-electron chi connectivity index (χ2n) is 23.2. The van der Waals surface area contributed by atoms with Crippen molar-refractivity contribution in [2.45, 2.75) is 164 Å². The first-order valence-corrected chi connectivity index (χ1v) is 23.3. The number of H-pyrrole nitrogens is 1. The maximum atomic E-state index is 15.6. The average molecular weight is 812 g/mol. The minimum absolute atomic E-state index is 0.0690. The number of benzene rings is 1. The van der Waals surface area contributed by atoms with Gasteiger partial charge in [-0.2, -0.15) is 0 Å². The van der Waals surface area contributed by atoms with Crippen LogP contribution < -0.4 is 0 Å². The summed E-state index contributed by atoms with van der Waals surface area (Å²) in [5, 5.41) is 9.68. The van der Waals surface area contributed by atoms with E-state index in [-0.39, 0.29) is 51.5 Å². The summed E-state index contributed by atoms with van der Waals surface area (Å²) in [7, 11) is 0. The number of likely N-dealkylation sites (tertiary alicyclic amines) is 1. The first-order chi connectivity index (χ1) is 27.7. The number of nitrogens with one attached hydrogen (secondary N) is 1. The Bertz CT molecular complexity index is 2000. The van der Waals surface area contributed by atoms with E-state index in [4.69, 9.17) is 9.72 Å². The van der Waals surface area contributed by atoms with Gasteiger partial charge in [-0.3, -0.25) is 14.4 Å². The number of halogens is 1. The zero-order chi connectivity index (χ0) is 42.1. The number of carbonyl (C=O) groups excluding carboxylic acids is 2. The average Bonchev–Trinajstić information content (AvgIpc) is 3.56. The number of nitrogens with zero attached hydrogens (tertiary/aromatic N) is 2. The van der Waals surface area contributed by atoms with Gasteiger partial charge in [-0.25, -0.2) is 9.37 Å². The molecule has 1 aromatic heterocycles. The van der Waals surface area contributed by atoms with E-state index >= 15 is 4.79 Å². The molecular formula is C50H70FN3O5. The van der Waals surface area contributed by atoms with E-state index in [1.807, 2.05) is 6.20 Å². The molecule has 59 heavy (non-hydrogen) atoms. The first kappa shape index (κ1) is 41.1. The Balaban J connectivity index is 0.988. The number of imidazole rings is 1. The number of fused-ring (bicyclic) bond motifs is 7. The quantitative estimate of drug-likeness (QED) is 0.257. The molecule has 1 saturated heterocycles. The number of carbonyl (C=O) groups is 3. The molecule has 0 bridgehead atoms. The number of rotatable bonds is 8. The molecule has 1 amide bonds. The van der Waals surface area contributed by atoms with E-state index < -0.39 is 17.4 Å². The van der Waals surface area contributed by atoms with E-state index in [1.54, 1.807) is 26.0 Å². The fourth-order valence-electron chi connectivity index (χ4n) is 16.0. The number of hydrogen-bond donors (Lipinski definition) is 2. The highest BCUT2D eigenvalue weighted by Gasteiger charge is 2.74. The van der Waals surface area contributed by atoms with Gasteiger partial charge in [0, 0.05) is 12.0 Å². The van der Waals surface area contributed by atoms with Crippen molar-refractivity contribution in [1.82, 2.24) is 14.9 Å². The van der Waals surface area contributed by atoms with Crippen LogP contribution in [0.1, 0.15) is 164 Å². The van der Waals surface area contributed by atoms with Gasteiger partial charge >= 0.3 is 11.9 Å². The van der Waals surface area contributed by atoms with Crippen molar-refractivity contribution in [1.29, 1.82) is 0 Å². The molecule has 6 aliphatic carbocycles. The van der Waals surface area contributed by atoms with Crippen LogP contribution in [-0.2, 0) is 19.1 Å². The summed E-state index contributed by atoms with van der Waals surface area (Å²) in [6.45, 7) is 19.0. The number of aromatic nitrogens is 2. The Hall–Kier alpha value is -3.23. The van der Waals surface area contributed by atoms with E-state index in [0.29, 0.717) is 40.9 Å². The van der Waals surface area contributed by atoms with Gasteiger partial charge in [-0.15, -0.1) is 0 Å². The highest BCUT2D eigenvalue weighted by Crippen LogP contribution is 2.79. The first-order valence-electron chi connectivity index (χ1n) is 23.3. The van der Waals surface area contributed by atoms with E-state index in [1.165, 1.54) is 37.8 Å². The zero-order valence-electron chi connectivity index (χ0n) is 37.1. The number of esters is 1. The highest BCUT2D eigenvalue weighted by molar-refractivity contribution is 5.85. The van der Waals surface area contributed by atoms with Gasteiger partial charge in [0.15, 0.2) is 0 Å². The van der Waals surface area contributed by atoms with Crippen molar-refractivity contribution in [2.24, 2.45) is 67.5 Å². The molecule has 1 unspecified atom stereocenters. The molecule has 1 aliphatic heterocycles. The summed E-state index contributed by atoms with van der Waals surface area (Å²) in [6, 6.07) is 6.45. The van der Waals surface area contributed by atoms with Gasteiger partial charge in [0.25, 0.3) is 0 Å². The summed E-state index contributed by atoms with van der Waals surface area (Å²) in [4.78, 5) is 51.3. The predicted octanol–water partition coefficient (Wildman–Crippen LogP) is 11.2. The summed E-state index contributed by atoms with van der Waals surface area (Å²) >= 11 is 0. The minimum atomic E-state index is -1.16. The molecule has 2 N–H and O–H groups in total. The van der Waals surface area contributed by atoms with Crippen molar-refractivity contribution in [3.63, 3.8) is 0 Å². The second kappa shape index (κ2) is 13.6. The summed E-state index contributed by atoms with van der Waals surface area (Å²) < 4.78 is 20.0. The van der Waals surface area contributed by atoms with Crippen LogP contribution >= 0.6 is 0 Å². The molecule has 6 saturated carbocycles. The van der Waals surface area contributed by atoms with Crippen LogP contribution in [0.15, 0.2) is 30.5 Å². The van der Waals surface area contributed by atoms with Crippen LogP contribution in [0.5, 0.6) is 0 Å². The smallest absolute Gasteiger partial charge is 0.309 e. The van der Waals surface area contributed by atoms with Crippen LogP contribution in [0.25, 0.3) is 11.3 Å². The number of carboxylic acid groups (broad SMARTS) is 1. The lowest BCUT2D eigenvalue weighted by Gasteiger charge is -2.73. The summed E-state index contributed by atoms with van der Waals surface area (Å²) in [5.74, 6) is 2.02. The predicted molar refractivity (Wildman–Crippen MR) is 225 cm³/mol. The molecule has 2 heterocycles. The third kappa shape index (κ3) is 6.05. The van der Waals surface area contributed by atoms with Crippen molar-refractivity contribution in [3.8, 4) is 11.3 Å². The third-order valence-corrected chi connectivity index (χ3v) is 19.8. The van der Waals surface area contributed by atoms with Crippen LogP contribution in [0.4, 0.5) is 4.39 Å². The van der Waals surface area contributed by atoms with E-state index in [9.17, 15) is 19.1 Å². The number of aromatic amines is 1. The largest absolute Gasteiger partial charge is 0.481 e. The maximum absolute atomic E-state index is 15.6. The van der Waals surface area contributed by atoms with E-state index in [0.717, 1.165) is 87.8 Å². The van der Waals surface area contributed by atoms with Gasteiger partial charge < -0.3 is 19.7 Å². The Morgan fingerprint density at radius 3 is 2.27 bits per heavy atom. The van der Waals surface area contributed by atoms with Crippen molar-refractivity contribution < 1.29 is 28.6 Å². The minimum Gasteiger partial charge on any atom is -0.481 e. The third-order valence-electron chi connectivity index (χ3n) is 19.8. The van der Waals surface area contributed by atoms with Crippen molar-refractivity contribution in [2.75, 3.05) is 6.54 Å². The Kier molecular flexibility index (Phi) is 9.51. The number of ether oxygens (including phenoxy) is 1. The lowest BCUT2D eigenvalue weighted by atomic mass is 9.32. The maximum Gasteiger partial charge on any atom is 0.309 e. The van der Waals surface area contributed by atoms with Gasteiger partial charge in [0.05, 0.1) is 35.2 Å². The molecule has 0 spiro atoms. The number of carboxylic acids is 1. The molecule has 9 heteroatoms. The lowest BCUT2D eigenvalue weighted by molar-refractivity contribution is -0.251. The van der Waals surface area contributed by atoms with Crippen molar-refractivity contribution in [3.05, 3.63) is 42.1 Å². The Labute approximate surface area is 351 Å². The van der Waals surface area contributed by atoms with Crippen LogP contribution in [0.3, 0.4) is 0 Å². The second-order valence-corrected chi connectivity index (χ2v) is 23.2. The fraction of sp³-hybridized carbons (Fsp3) is 0.760. The highest BCUT2D eigenvalue weighted by atomic mass is 19.1. The van der Waals surface area contributed by atoms with Gasteiger partial charge in [0.2, 0.25) is 5.91 Å². The number of hydrogen-bond acceptors (Lipinski definition) is 5. The standard InChI is InChI=1S/C50H70FN3O5/c1-44(2,43(57)58)28-39(55)59-38-19-20-47(6)36(45(38,3)4)18-21-49(8)37(47)16-15-33-40-32(46(5)23-24-46)17-22-50(40,26-25-48(33,49)7)42(56)54-27-9-10-35(54)41-52-29-34(53-41)30-11-13-31(51)14-12-30/h11-14,29,32-33,35-38,40H,9-10,15-28H2,1-8H3,(H,52,53)(H,57,58)/t32-,33-,35?,36+,37-,38+,40-,47+,48-,49-,50+/m1/s1. The van der Waals surface area contributed by atoms with Crippen LogP contribution in [-0.4, -0.2) is 50.5 Å².